The second-order valence-electron chi connectivity index (χ2n) is 5.16. The van der Waals surface area contributed by atoms with Gasteiger partial charge in [0, 0.05) is 23.7 Å². The quantitative estimate of drug-likeness (QED) is 0.853. The number of hydrogen-bond acceptors (Lipinski definition) is 5. The van der Waals surface area contributed by atoms with Crippen molar-refractivity contribution in [2.24, 2.45) is 0 Å². The summed E-state index contributed by atoms with van der Waals surface area (Å²) in [5, 5.41) is 6.90. The second-order valence-corrected chi connectivity index (χ2v) is 6.05. The van der Waals surface area contributed by atoms with Crippen LogP contribution in [0.2, 0.25) is 0 Å². The molecule has 0 N–H and O–H groups in total. The van der Waals surface area contributed by atoms with E-state index in [1.165, 1.54) is 0 Å². The fraction of sp³-hybridized carbons (Fsp3) is 0.500. The Balaban J connectivity index is 1.87. The van der Waals surface area contributed by atoms with Gasteiger partial charge in [0.25, 0.3) is 5.91 Å². The summed E-state index contributed by atoms with van der Waals surface area (Å²) in [6.07, 6.45) is 3.13. The Morgan fingerprint density at radius 3 is 2.95 bits per heavy atom. The molecular weight excluding hydrogens is 274 g/mol. The van der Waals surface area contributed by atoms with Gasteiger partial charge in [-0.2, -0.15) is 0 Å². The normalized spacial score (nSPS) is 19.3. The second kappa shape index (κ2) is 5.36. The average molecular weight is 291 g/mol. The average Bonchev–Trinajstić information content (AvgIpc) is 3.07. The molecule has 0 spiro atoms. The molecule has 5 nitrogen and oxygen atoms in total. The Labute approximate surface area is 121 Å². The molecular formula is C14H17N3O2S. The summed E-state index contributed by atoms with van der Waals surface area (Å²) in [6, 6.07) is 1.77. The zero-order chi connectivity index (χ0) is 14.1. The smallest absolute Gasteiger partial charge is 0.276 e. The van der Waals surface area contributed by atoms with Gasteiger partial charge in [-0.25, -0.2) is 4.98 Å². The first-order chi connectivity index (χ1) is 9.65. The highest BCUT2D eigenvalue weighted by Gasteiger charge is 2.31. The third-order valence-electron chi connectivity index (χ3n) is 3.53. The van der Waals surface area contributed by atoms with Gasteiger partial charge < -0.3 is 9.42 Å². The lowest BCUT2D eigenvalue weighted by Crippen LogP contribution is -2.38. The van der Waals surface area contributed by atoms with Crippen LogP contribution in [0.4, 0.5) is 0 Å². The van der Waals surface area contributed by atoms with Crippen LogP contribution in [0.5, 0.6) is 0 Å². The van der Waals surface area contributed by atoms with E-state index in [4.69, 9.17) is 4.52 Å². The fourth-order valence-corrected chi connectivity index (χ4v) is 3.51. The lowest BCUT2D eigenvalue weighted by atomic mass is 10.0. The number of rotatable bonds is 2. The lowest BCUT2D eigenvalue weighted by molar-refractivity contribution is 0.0600. The molecule has 1 saturated heterocycles. The number of hydrogen-bond donors (Lipinski definition) is 0. The largest absolute Gasteiger partial charge is 0.361 e. The molecule has 1 atom stereocenters. The van der Waals surface area contributed by atoms with Crippen molar-refractivity contribution in [1.29, 1.82) is 0 Å². The Hall–Kier alpha value is -1.69. The molecule has 0 radical (unpaired) electrons. The van der Waals surface area contributed by atoms with Crippen LogP contribution in [-0.4, -0.2) is 27.5 Å². The van der Waals surface area contributed by atoms with E-state index in [0.29, 0.717) is 11.5 Å². The van der Waals surface area contributed by atoms with Crippen LogP contribution in [0.25, 0.3) is 0 Å². The van der Waals surface area contributed by atoms with Gasteiger partial charge >= 0.3 is 0 Å². The van der Waals surface area contributed by atoms with Crippen LogP contribution in [0.1, 0.15) is 52.3 Å². The highest BCUT2D eigenvalue weighted by Crippen LogP contribution is 2.33. The molecule has 0 aromatic carbocycles. The van der Waals surface area contributed by atoms with Crippen LogP contribution in [-0.2, 0) is 0 Å². The van der Waals surface area contributed by atoms with Crippen LogP contribution < -0.4 is 0 Å². The maximum absolute atomic E-state index is 12.6. The van der Waals surface area contributed by atoms with Crippen molar-refractivity contribution in [3.05, 3.63) is 33.6 Å². The molecule has 2 aromatic heterocycles. The summed E-state index contributed by atoms with van der Waals surface area (Å²) in [6.45, 7) is 4.53. The molecule has 6 heteroatoms. The summed E-state index contributed by atoms with van der Waals surface area (Å²) >= 11 is 1.63. The number of piperidine rings is 1. The predicted molar refractivity (Wildman–Crippen MR) is 75.7 cm³/mol. The summed E-state index contributed by atoms with van der Waals surface area (Å²) in [5.74, 6) is 0.603. The summed E-state index contributed by atoms with van der Waals surface area (Å²) in [4.78, 5) is 19.0. The van der Waals surface area contributed by atoms with Gasteiger partial charge in [0.1, 0.15) is 10.8 Å². The minimum atomic E-state index is -0.0561. The Bertz CT molecular complexity index is 619. The molecule has 1 amide bonds. The van der Waals surface area contributed by atoms with Crippen molar-refractivity contribution < 1.29 is 9.32 Å². The van der Waals surface area contributed by atoms with Crippen LogP contribution in [0.15, 0.2) is 16.0 Å². The zero-order valence-electron chi connectivity index (χ0n) is 11.6. The molecule has 1 fully saturated rings. The first kappa shape index (κ1) is 13.3. The Kier molecular flexibility index (Phi) is 3.56. The van der Waals surface area contributed by atoms with Gasteiger partial charge in [0.05, 0.1) is 6.04 Å². The van der Waals surface area contributed by atoms with E-state index < -0.39 is 0 Å². The molecule has 106 valence electrons. The third-order valence-corrected chi connectivity index (χ3v) is 4.60. The molecule has 3 rings (SSSR count). The molecule has 0 bridgehead atoms. The van der Waals surface area contributed by atoms with E-state index >= 15 is 0 Å². The number of aryl methyl sites for hydroxylation is 2. The molecule has 0 aliphatic carbocycles. The first-order valence-electron chi connectivity index (χ1n) is 6.81. The van der Waals surface area contributed by atoms with Crippen LogP contribution in [0, 0.1) is 13.8 Å². The van der Waals surface area contributed by atoms with Crippen LogP contribution in [0.3, 0.4) is 0 Å². The van der Waals surface area contributed by atoms with Crippen molar-refractivity contribution in [3.63, 3.8) is 0 Å². The molecule has 1 aliphatic heterocycles. The van der Waals surface area contributed by atoms with Gasteiger partial charge in [-0.1, -0.05) is 5.16 Å². The summed E-state index contributed by atoms with van der Waals surface area (Å²) in [7, 11) is 0. The maximum Gasteiger partial charge on any atom is 0.276 e. The van der Waals surface area contributed by atoms with Crippen molar-refractivity contribution in [2.45, 2.75) is 39.2 Å². The van der Waals surface area contributed by atoms with Gasteiger partial charge in [-0.05, 0) is 33.1 Å². The SMILES string of the molecule is Cc1csc([C@@H]2CCCCN2C(=O)c2cc(C)on2)n1. The summed E-state index contributed by atoms with van der Waals surface area (Å²) in [5.41, 5.74) is 1.41. The van der Waals surface area contributed by atoms with E-state index in [-0.39, 0.29) is 11.9 Å². The molecule has 20 heavy (non-hydrogen) atoms. The van der Waals surface area contributed by atoms with Crippen LogP contribution >= 0.6 is 11.3 Å². The Morgan fingerprint density at radius 2 is 2.30 bits per heavy atom. The fourth-order valence-electron chi connectivity index (χ4n) is 2.57. The number of likely N-dealkylation sites (tertiary alicyclic amines) is 1. The first-order valence-corrected chi connectivity index (χ1v) is 7.69. The van der Waals surface area contributed by atoms with E-state index in [0.717, 1.165) is 36.5 Å². The topological polar surface area (TPSA) is 59.2 Å². The van der Waals surface area contributed by atoms with Gasteiger partial charge in [0.15, 0.2) is 5.69 Å². The monoisotopic (exact) mass is 291 g/mol. The van der Waals surface area contributed by atoms with Gasteiger partial charge in [-0.3, -0.25) is 4.79 Å². The highest BCUT2D eigenvalue weighted by atomic mass is 32.1. The molecule has 2 aromatic rings. The minimum Gasteiger partial charge on any atom is -0.361 e. The Morgan fingerprint density at radius 1 is 1.45 bits per heavy atom. The van der Waals surface area contributed by atoms with Crippen molar-refractivity contribution in [3.8, 4) is 0 Å². The number of aromatic nitrogens is 2. The van der Waals surface area contributed by atoms with Crippen molar-refractivity contribution in [2.75, 3.05) is 6.54 Å². The lowest BCUT2D eigenvalue weighted by Gasteiger charge is -2.33. The maximum atomic E-state index is 12.6. The number of carbonyl (C=O) groups excluding carboxylic acids is 1. The van der Waals surface area contributed by atoms with Gasteiger partial charge in [-0.15, -0.1) is 11.3 Å². The molecule has 0 unspecified atom stereocenters. The summed E-state index contributed by atoms with van der Waals surface area (Å²) < 4.78 is 5.01. The minimum absolute atomic E-state index is 0.0561. The van der Waals surface area contributed by atoms with E-state index in [2.05, 4.69) is 10.1 Å². The van der Waals surface area contributed by atoms with Gasteiger partial charge in [0.2, 0.25) is 0 Å². The highest BCUT2D eigenvalue weighted by molar-refractivity contribution is 7.09. The predicted octanol–water partition coefficient (Wildman–Crippen LogP) is 3.12. The molecule has 3 heterocycles. The van der Waals surface area contributed by atoms with Crippen molar-refractivity contribution in [1.82, 2.24) is 15.0 Å². The molecule has 1 aliphatic rings. The zero-order valence-corrected chi connectivity index (χ0v) is 12.4. The third kappa shape index (κ3) is 2.47. The number of thiazole rings is 1. The van der Waals surface area contributed by atoms with Crippen molar-refractivity contribution >= 4 is 17.2 Å². The molecule has 0 saturated carbocycles. The van der Waals surface area contributed by atoms with E-state index in [1.807, 2.05) is 17.2 Å². The van der Waals surface area contributed by atoms with E-state index in [9.17, 15) is 4.79 Å². The standard InChI is InChI=1S/C14H17N3O2S/c1-9-8-20-13(15-9)12-5-3-4-6-17(12)14(18)11-7-10(2)19-16-11/h7-8,12H,3-6H2,1-2H3/t12-/m0/s1. The van der Waals surface area contributed by atoms with E-state index in [1.54, 1.807) is 24.3 Å². The number of amides is 1. The number of carbonyl (C=O) groups is 1. The number of nitrogens with zero attached hydrogens (tertiary/aromatic N) is 3.